The van der Waals surface area contributed by atoms with Crippen LogP contribution in [0.2, 0.25) is 5.02 Å². The number of hydrogen-bond donors (Lipinski definition) is 1. The highest BCUT2D eigenvalue weighted by molar-refractivity contribution is 6.30. The number of imidazole rings is 1. The number of hydrogen-bond acceptors (Lipinski definition) is 2. The molecule has 0 spiro atoms. The van der Waals surface area contributed by atoms with Gasteiger partial charge < -0.3 is 9.72 Å². The van der Waals surface area contributed by atoms with Crippen molar-refractivity contribution >= 4 is 22.6 Å². The largest absolute Gasteiger partial charge is 0.497 e. The van der Waals surface area contributed by atoms with Gasteiger partial charge in [0.2, 0.25) is 0 Å². The quantitative estimate of drug-likeness (QED) is 0.767. The molecule has 3 aromatic rings. The summed E-state index contributed by atoms with van der Waals surface area (Å²) in [6, 6.07) is 9.82. The highest BCUT2D eigenvalue weighted by Gasteiger charge is 2.11. The third kappa shape index (κ3) is 2.15. The van der Waals surface area contributed by atoms with Crippen LogP contribution in [-0.4, -0.2) is 17.1 Å². The maximum Gasteiger partial charge on any atom is 0.141 e. The standard InChI is InChI=1S/C14H10ClFN2O/c1-19-9-3-5-12-13(7-9)18-14(17-12)10-6-8(15)2-4-11(10)16/h2-7H,1H3,(H,17,18). The molecule has 3 nitrogen and oxygen atoms in total. The minimum Gasteiger partial charge on any atom is -0.497 e. The molecule has 2 aromatic carbocycles. The fourth-order valence-electron chi connectivity index (χ4n) is 1.92. The number of nitrogens with zero attached hydrogens (tertiary/aromatic N) is 1. The number of methoxy groups -OCH3 is 1. The van der Waals surface area contributed by atoms with Gasteiger partial charge in [0.05, 0.1) is 23.7 Å². The molecule has 5 heteroatoms. The van der Waals surface area contributed by atoms with Crippen LogP contribution < -0.4 is 4.74 Å². The van der Waals surface area contributed by atoms with E-state index in [1.165, 1.54) is 12.1 Å². The van der Waals surface area contributed by atoms with Gasteiger partial charge in [0.25, 0.3) is 0 Å². The zero-order chi connectivity index (χ0) is 13.4. The molecule has 0 fully saturated rings. The Bertz CT molecular complexity index is 754. The number of aromatic nitrogens is 2. The predicted octanol–water partition coefficient (Wildman–Crippen LogP) is 4.03. The van der Waals surface area contributed by atoms with Crippen molar-refractivity contribution in [1.29, 1.82) is 0 Å². The van der Waals surface area contributed by atoms with Gasteiger partial charge >= 0.3 is 0 Å². The second kappa shape index (κ2) is 4.55. The van der Waals surface area contributed by atoms with Gasteiger partial charge in [-0.1, -0.05) is 11.6 Å². The van der Waals surface area contributed by atoms with E-state index in [9.17, 15) is 4.39 Å². The van der Waals surface area contributed by atoms with Gasteiger partial charge in [-0.2, -0.15) is 0 Å². The molecule has 0 saturated heterocycles. The maximum absolute atomic E-state index is 13.8. The Morgan fingerprint density at radius 1 is 1.21 bits per heavy atom. The van der Waals surface area contributed by atoms with Crippen molar-refractivity contribution in [2.45, 2.75) is 0 Å². The molecule has 0 aliphatic carbocycles. The molecule has 0 aliphatic heterocycles. The molecule has 0 aliphatic rings. The molecule has 0 bridgehead atoms. The molecule has 3 rings (SSSR count). The Morgan fingerprint density at radius 2 is 2.05 bits per heavy atom. The number of fused-ring (bicyclic) bond motifs is 1. The van der Waals surface area contributed by atoms with E-state index < -0.39 is 0 Å². The third-order valence-electron chi connectivity index (χ3n) is 2.87. The van der Waals surface area contributed by atoms with E-state index in [1.807, 2.05) is 12.1 Å². The van der Waals surface area contributed by atoms with Gasteiger partial charge in [-0.05, 0) is 30.3 Å². The summed E-state index contributed by atoms with van der Waals surface area (Å²) in [7, 11) is 1.59. The lowest BCUT2D eigenvalue weighted by Gasteiger charge is -1.99. The van der Waals surface area contributed by atoms with Crippen molar-refractivity contribution < 1.29 is 9.13 Å². The first-order valence-corrected chi connectivity index (χ1v) is 6.04. The number of rotatable bonds is 2. The fourth-order valence-corrected chi connectivity index (χ4v) is 2.09. The molecule has 0 atom stereocenters. The second-order valence-electron chi connectivity index (χ2n) is 4.09. The van der Waals surface area contributed by atoms with Crippen molar-refractivity contribution in [2.24, 2.45) is 0 Å². The van der Waals surface area contributed by atoms with Crippen molar-refractivity contribution in [3.63, 3.8) is 0 Å². The summed E-state index contributed by atoms with van der Waals surface area (Å²) in [5, 5.41) is 0.467. The summed E-state index contributed by atoms with van der Waals surface area (Å²) in [5.41, 5.74) is 1.88. The zero-order valence-corrected chi connectivity index (χ0v) is 10.8. The van der Waals surface area contributed by atoms with Gasteiger partial charge in [0.15, 0.2) is 0 Å². The Kier molecular flexibility index (Phi) is 2.87. The highest BCUT2D eigenvalue weighted by atomic mass is 35.5. The number of halogens is 2. The molecule has 96 valence electrons. The van der Waals surface area contributed by atoms with Crippen LogP contribution in [0.5, 0.6) is 5.75 Å². The summed E-state index contributed by atoms with van der Waals surface area (Å²) in [4.78, 5) is 7.42. The number of benzene rings is 2. The van der Waals surface area contributed by atoms with Crippen LogP contribution in [-0.2, 0) is 0 Å². The van der Waals surface area contributed by atoms with Crippen molar-refractivity contribution in [1.82, 2.24) is 9.97 Å². The van der Waals surface area contributed by atoms with Gasteiger partial charge in [-0.15, -0.1) is 0 Å². The first-order valence-electron chi connectivity index (χ1n) is 5.66. The molecule has 19 heavy (non-hydrogen) atoms. The van der Waals surface area contributed by atoms with E-state index in [1.54, 1.807) is 19.2 Å². The molecule has 1 aromatic heterocycles. The molecule has 1 heterocycles. The topological polar surface area (TPSA) is 37.9 Å². The molecule has 1 N–H and O–H groups in total. The van der Waals surface area contributed by atoms with E-state index in [-0.39, 0.29) is 5.82 Å². The molecule has 0 amide bonds. The van der Waals surface area contributed by atoms with Gasteiger partial charge in [0.1, 0.15) is 17.4 Å². The zero-order valence-electron chi connectivity index (χ0n) is 10.1. The van der Waals surface area contributed by atoms with E-state index in [2.05, 4.69) is 9.97 Å². The predicted molar refractivity (Wildman–Crippen MR) is 73.0 cm³/mol. The Balaban J connectivity index is 2.17. The lowest BCUT2D eigenvalue weighted by Crippen LogP contribution is -1.86. The molecule has 0 radical (unpaired) electrons. The van der Waals surface area contributed by atoms with Crippen LogP contribution in [0.25, 0.3) is 22.4 Å². The van der Waals surface area contributed by atoms with Crippen LogP contribution in [0.15, 0.2) is 36.4 Å². The van der Waals surface area contributed by atoms with Crippen molar-refractivity contribution in [3.05, 3.63) is 47.2 Å². The van der Waals surface area contributed by atoms with Crippen LogP contribution in [0.3, 0.4) is 0 Å². The highest BCUT2D eigenvalue weighted by Crippen LogP contribution is 2.27. The minimum absolute atomic E-state index is 0.350. The van der Waals surface area contributed by atoms with Crippen LogP contribution in [0, 0.1) is 5.82 Å². The lowest BCUT2D eigenvalue weighted by molar-refractivity contribution is 0.415. The fraction of sp³-hybridized carbons (Fsp3) is 0.0714. The average Bonchev–Trinajstić information content (AvgIpc) is 2.83. The van der Waals surface area contributed by atoms with E-state index in [0.29, 0.717) is 22.2 Å². The number of aromatic amines is 1. The number of nitrogens with one attached hydrogen (secondary N) is 1. The SMILES string of the molecule is COc1ccc2nc(-c3cc(Cl)ccc3F)[nH]c2c1. The van der Waals surface area contributed by atoms with Gasteiger partial charge in [0, 0.05) is 11.1 Å². The summed E-state index contributed by atoms with van der Waals surface area (Å²) >= 11 is 5.88. The summed E-state index contributed by atoms with van der Waals surface area (Å²) in [6.45, 7) is 0. The van der Waals surface area contributed by atoms with Crippen molar-refractivity contribution in [2.75, 3.05) is 7.11 Å². The molecule has 0 saturated carbocycles. The van der Waals surface area contributed by atoms with E-state index >= 15 is 0 Å². The second-order valence-corrected chi connectivity index (χ2v) is 4.53. The Hall–Kier alpha value is -2.07. The summed E-state index contributed by atoms with van der Waals surface area (Å²) in [5.74, 6) is 0.799. The van der Waals surface area contributed by atoms with Crippen LogP contribution >= 0.6 is 11.6 Å². The third-order valence-corrected chi connectivity index (χ3v) is 3.11. The lowest BCUT2D eigenvalue weighted by atomic mass is 10.2. The van der Waals surface area contributed by atoms with Crippen LogP contribution in [0.1, 0.15) is 0 Å². The Morgan fingerprint density at radius 3 is 2.84 bits per heavy atom. The number of H-pyrrole nitrogens is 1. The summed E-state index contributed by atoms with van der Waals surface area (Å²) in [6.07, 6.45) is 0. The smallest absolute Gasteiger partial charge is 0.141 e. The maximum atomic E-state index is 13.8. The molecular formula is C14H10ClFN2O. The van der Waals surface area contributed by atoms with E-state index in [4.69, 9.17) is 16.3 Å². The Labute approximate surface area is 114 Å². The first-order chi connectivity index (χ1) is 9.17. The monoisotopic (exact) mass is 276 g/mol. The number of ether oxygens (including phenoxy) is 1. The minimum atomic E-state index is -0.365. The normalized spacial score (nSPS) is 10.9. The molecule has 0 unspecified atom stereocenters. The van der Waals surface area contributed by atoms with Crippen LogP contribution in [0.4, 0.5) is 4.39 Å². The molecular weight excluding hydrogens is 267 g/mol. The van der Waals surface area contributed by atoms with Crippen molar-refractivity contribution in [3.8, 4) is 17.1 Å². The van der Waals surface area contributed by atoms with E-state index in [0.717, 1.165) is 11.0 Å². The first kappa shape index (κ1) is 12.0. The van der Waals surface area contributed by atoms with Gasteiger partial charge in [-0.25, -0.2) is 9.37 Å². The summed E-state index contributed by atoms with van der Waals surface area (Å²) < 4.78 is 18.9. The average molecular weight is 277 g/mol. The van der Waals surface area contributed by atoms with Gasteiger partial charge in [-0.3, -0.25) is 0 Å².